The number of nitrogens with two attached hydrogens (primary N) is 2. The maximum atomic E-state index is 13.5. The number of anilines is 1. The van der Waals surface area contributed by atoms with E-state index in [1.807, 2.05) is 0 Å². The maximum absolute atomic E-state index is 13.5. The number of carbonyl (C=O) groups is 1. The molecule has 0 saturated heterocycles. The summed E-state index contributed by atoms with van der Waals surface area (Å²) in [4.78, 5) is 25.3. The summed E-state index contributed by atoms with van der Waals surface area (Å²) in [5.74, 6) is -0.949. The van der Waals surface area contributed by atoms with Crippen LogP contribution >= 0.6 is 11.3 Å². The molecule has 11 heteroatoms. The average molecular weight is 382 g/mol. The van der Waals surface area contributed by atoms with Crippen LogP contribution in [-0.4, -0.2) is 15.8 Å². The van der Waals surface area contributed by atoms with E-state index in [0.717, 1.165) is 18.2 Å². The molecule has 0 spiro atoms. The number of aromatic nitrogens is 1. The van der Waals surface area contributed by atoms with Crippen molar-refractivity contribution >= 4 is 38.8 Å². The van der Waals surface area contributed by atoms with Crippen molar-refractivity contribution in [2.45, 2.75) is 6.18 Å². The zero-order valence-electron chi connectivity index (χ0n) is 12.7. The molecule has 2 heterocycles. The molecule has 0 unspecified atom stereocenters. The monoisotopic (exact) mass is 382 g/mol. The molecular formula is C15H9F3N4O3S. The molecule has 0 aliphatic carbocycles. The van der Waals surface area contributed by atoms with E-state index in [4.69, 9.17) is 11.5 Å². The Hall–Kier alpha value is -3.21. The second kappa shape index (κ2) is 5.95. The first-order valence-corrected chi connectivity index (χ1v) is 7.76. The molecular weight excluding hydrogens is 373 g/mol. The highest BCUT2D eigenvalue weighted by Crippen LogP contribution is 2.43. The molecule has 2 aromatic heterocycles. The predicted octanol–water partition coefficient (Wildman–Crippen LogP) is 3.57. The number of nitrogens with zero attached hydrogens (tertiary/aromatic N) is 2. The Bertz CT molecular complexity index is 1040. The molecule has 0 radical (unpaired) electrons. The largest absolute Gasteiger partial charge is 0.417 e. The molecule has 0 saturated carbocycles. The summed E-state index contributed by atoms with van der Waals surface area (Å²) in [6.07, 6.45) is -4.75. The molecule has 0 fully saturated rings. The molecule has 0 aliphatic heterocycles. The molecule has 1 amide bonds. The van der Waals surface area contributed by atoms with Gasteiger partial charge in [-0.15, -0.1) is 11.3 Å². The third-order valence-corrected chi connectivity index (χ3v) is 4.72. The minimum Gasteiger partial charge on any atom is -0.397 e. The van der Waals surface area contributed by atoms with Gasteiger partial charge in [-0.1, -0.05) is 0 Å². The summed E-state index contributed by atoms with van der Waals surface area (Å²) >= 11 is 0.660. The summed E-state index contributed by atoms with van der Waals surface area (Å²) in [6, 6.07) is 5.69. The minimum atomic E-state index is -4.75. The number of carbonyl (C=O) groups excluding carboxylic acids is 1. The van der Waals surface area contributed by atoms with E-state index >= 15 is 0 Å². The number of nitrogen functional groups attached to an aromatic ring is 1. The fourth-order valence-electron chi connectivity index (χ4n) is 2.43. The molecule has 134 valence electrons. The van der Waals surface area contributed by atoms with Crippen LogP contribution < -0.4 is 11.5 Å². The smallest absolute Gasteiger partial charge is 0.397 e. The number of thiophene rings is 1. The lowest BCUT2D eigenvalue weighted by atomic mass is 10.1. The number of halogens is 3. The molecule has 0 aliphatic rings. The number of primary amides is 1. The molecule has 3 rings (SSSR count). The highest BCUT2D eigenvalue weighted by Gasteiger charge is 2.36. The Morgan fingerprint density at radius 1 is 1.23 bits per heavy atom. The van der Waals surface area contributed by atoms with Crippen LogP contribution in [0.4, 0.5) is 24.5 Å². The molecule has 0 atom stereocenters. The van der Waals surface area contributed by atoms with Gasteiger partial charge in [0.2, 0.25) is 0 Å². The second-order valence-electron chi connectivity index (χ2n) is 5.25. The Kier molecular flexibility index (Phi) is 4.03. The van der Waals surface area contributed by atoms with Gasteiger partial charge < -0.3 is 11.5 Å². The number of amides is 1. The molecule has 0 bridgehead atoms. The van der Waals surface area contributed by atoms with Crippen molar-refractivity contribution < 1.29 is 22.9 Å². The van der Waals surface area contributed by atoms with Gasteiger partial charge in [0.15, 0.2) is 0 Å². The van der Waals surface area contributed by atoms with Gasteiger partial charge in [-0.25, -0.2) is 4.98 Å². The van der Waals surface area contributed by atoms with Crippen LogP contribution in [0.1, 0.15) is 15.2 Å². The maximum Gasteiger partial charge on any atom is 0.417 e. The highest BCUT2D eigenvalue weighted by molar-refractivity contribution is 7.21. The number of rotatable bonds is 3. The first-order chi connectivity index (χ1) is 12.1. The highest BCUT2D eigenvalue weighted by atomic mass is 32.1. The Morgan fingerprint density at radius 3 is 2.35 bits per heavy atom. The topological polar surface area (TPSA) is 125 Å². The summed E-state index contributed by atoms with van der Waals surface area (Å²) in [5, 5.41) is 10.3. The van der Waals surface area contributed by atoms with Gasteiger partial charge >= 0.3 is 6.18 Å². The van der Waals surface area contributed by atoms with Crippen molar-refractivity contribution in [1.82, 2.24) is 4.98 Å². The van der Waals surface area contributed by atoms with Crippen molar-refractivity contribution in [3.8, 4) is 11.3 Å². The van der Waals surface area contributed by atoms with Crippen molar-refractivity contribution in [2.24, 2.45) is 5.73 Å². The van der Waals surface area contributed by atoms with Gasteiger partial charge in [0.25, 0.3) is 11.6 Å². The SMILES string of the molecule is NC(=O)c1sc2nc(-c3ccc([N+](=O)[O-])cc3)cc(C(F)(F)F)c2c1N. The van der Waals surface area contributed by atoms with Crippen LogP contribution in [-0.2, 0) is 6.18 Å². The third kappa shape index (κ3) is 2.92. The van der Waals surface area contributed by atoms with E-state index < -0.39 is 22.6 Å². The van der Waals surface area contributed by atoms with E-state index in [1.165, 1.54) is 12.1 Å². The number of fused-ring (bicyclic) bond motifs is 1. The number of nitro groups is 1. The number of alkyl halides is 3. The number of benzene rings is 1. The number of pyridine rings is 1. The second-order valence-corrected chi connectivity index (χ2v) is 6.25. The van der Waals surface area contributed by atoms with Gasteiger partial charge in [-0.2, -0.15) is 13.2 Å². The molecule has 1 aromatic carbocycles. The zero-order chi connectivity index (χ0) is 19.2. The summed E-state index contributed by atoms with van der Waals surface area (Å²) in [5.41, 5.74) is 9.38. The van der Waals surface area contributed by atoms with E-state index in [-0.39, 0.29) is 37.7 Å². The lowest BCUT2D eigenvalue weighted by Crippen LogP contribution is -2.11. The quantitative estimate of drug-likeness (QED) is 0.529. The van der Waals surface area contributed by atoms with Crippen LogP contribution in [0.5, 0.6) is 0 Å². The van der Waals surface area contributed by atoms with Gasteiger partial charge in [-0.3, -0.25) is 14.9 Å². The predicted molar refractivity (Wildman–Crippen MR) is 89.6 cm³/mol. The van der Waals surface area contributed by atoms with Crippen molar-refractivity contribution in [1.29, 1.82) is 0 Å². The molecule has 3 aromatic rings. The number of nitro benzene ring substituents is 1. The normalized spacial score (nSPS) is 11.7. The lowest BCUT2D eigenvalue weighted by Gasteiger charge is -2.11. The van der Waals surface area contributed by atoms with Crippen molar-refractivity contribution in [3.05, 3.63) is 50.9 Å². The summed E-state index contributed by atoms with van der Waals surface area (Å²) in [7, 11) is 0. The Morgan fingerprint density at radius 2 is 1.85 bits per heavy atom. The van der Waals surface area contributed by atoms with Crippen molar-refractivity contribution in [2.75, 3.05) is 5.73 Å². The van der Waals surface area contributed by atoms with E-state index in [1.54, 1.807) is 0 Å². The number of hydrogen-bond acceptors (Lipinski definition) is 6. The molecule has 26 heavy (non-hydrogen) atoms. The lowest BCUT2D eigenvalue weighted by molar-refractivity contribution is -0.384. The van der Waals surface area contributed by atoms with Gasteiger partial charge in [0, 0.05) is 23.1 Å². The standard InChI is InChI=1S/C15H9F3N4O3S/c16-15(17,18)8-5-9(6-1-3-7(4-2-6)22(24)25)21-14-10(8)11(19)12(26-14)13(20)23/h1-5H,19H2,(H2,20,23). The van der Waals surface area contributed by atoms with E-state index in [0.29, 0.717) is 11.3 Å². The summed E-state index contributed by atoms with van der Waals surface area (Å²) in [6.45, 7) is 0. The van der Waals surface area contributed by atoms with Crippen LogP contribution in [0.3, 0.4) is 0 Å². The third-order valence-electron chi connectivity index (χ3n) is 3.60. The van der Waals surface area contributed by atoms with Crippen LogP contribution in [0.2, 0.25) is 0 Å². The van der Waals surface area contributed by atoms with Crippen LogP contribution in [0.25, 0.3) is 21.5 Å². The average Bonchev–Trinajstić information content (AvgIpc) is 2.90. The Balaban J connectivity index is 2.28. The Labute approximate surface area is 147 Å². The first kappa shape index (κ1) is 17.6. The zero-order valence-corrected chi connectivity index (χ0v) is 13.5. The minimum absolute atomic E-state index is 0.0583. The summed E-state index contributed by atoms with van der Waals surface area (Å²) < 4.78 is 40.5. The van der Waals surface area contributed by atoms with Gasteiger partial charge in [-0.05, 0) is 18.2 Å². The molecule has 4 N–H and O–H groups in total. The van der Waals surface area contributed by atoms with Crippen LogP contribution in [0, 0.1) is 10.1 Å². The van der Waals surface area contributed by atoms with E-state index in [9.17, 15) is 28.1 Å². The fourth-order valence-corrected chi connectivity index (χ4v) is 3.40. The van der Waals surface area contributed by atoms with Gasteiger partial charge in [0.1, 0.15) is 9.71 Å². The van der Waals surface area contributed by atoms with Gasteiger partial charge in [0.05, 0.1) is 21.9 Å². The van der Waals surface area contributed by atoms with E-state index in [2.05, 4.69) is 4.98 Å². The fraction of sp³-hybridized carbons (Fsp3) is 0.0667. The number of non-ortho nitro benzene ring substituents is 1. The van der Waals surface area contributed by atoms with Crippen LogP contribution in [0.15, 0.2) is 30.3 Å². The number of hydrogen-bond donors (Lipinski definition) is 2. The first-order valence-electron chi connectivity index (χ1n) is 6.94. The molecule has 7 nitrogen and oxygen atoms in total. The van der Waals surface area contributed by atoms with Crippen molar-refractivity contribution in [3.63, 3.8) is 0 Å².